The van der Waals surface area contributed by atoms with Crippen LogP contribution in [0.2, 0.25) is 0 Å². The number of ether oxygens (including phenoxy) is 1. The third-order valence-corrected chi connectivity index (χ3v) is 3.35. The minimum Gasteiger partial charge on any atom is -0.496 e. The van der Waals surface area contributed by atoms with Gasteiger partial charge in [0.15, 0.2) is 0 Å². The highest BCUT2D eigenvalue weighted by molar-refractivity contribution is 5.59. The Labute approximate surface area is 124 Å². The molecule has 0 radical (unpaired) electrons. The minimum atomic E-state index is -0.522. The van der Waals surface area contributed by atoms with Crippen molar-refractivity contribution in [2.24, 2.45) is 0 Å². The number of nitriles is 1. The largest absolute Gasteiger partial charge is 0.496 e. The van der Waals surface area contributed by atoms with Gasteiger partial charge in [0.1, 0.15) is 23.2 Å². The van der Waals surface area contributed by atoms with Gasteiger partial charge in [0.2, 0.25) is 0 Å². The molecule has 2 aromatic carbocycles. The predicted octanol–water partition coefficient (Wildman–Crippen LogP) is 4.19. The molecule has 2 aromatic rings. The summed E-state index contributed by atoms with van der Waals surface area (Å²) in [6.45, 7) is 3.95. The van der Waals surface area contributed by atoms with Gasteiger partial charge in [-0.3, -0.25) is 0 Å². The third kappa shape index (κ3) is 3.14. The molecule has 4 heteroatoms. The molecule has 0 saturated carbocycles. The molecule has 0 aliphatic rings. The van der Waals surface area contributed by atoms with E-state index in [-0.39, 0.29) is 11.6 Å². The number of hydrogen-bond donors (Lipinski definition) is 1. The number of aryl methyl sites for hydroxylation is 1. The first-order valence-corrected chi connectivity index (χ1v) is 6.66. The summed E-state index contributed by atoms with van der Waals surface area (Å²) < 4.78 is 19.0. The van der Waals surface area contributed by atoms with Crippen molar-refractivity contribution in [3.63, 3.8) is 0 Å². The Morgan fingerprint density at radius 2 is 2.05 bits per heavy atom. The minimum absolute atomic E-state index is 0.0240. The quantitative estimate of drug-likeness (QED) is 0.915. The van der Waals surface area contributed by atoms with E-state index >= 15 is 0 Å². The lowest BCUT2D eigenvalue weighted by molar-refractivity contribution is 0.408. The van der Waals surface area contributed by atoms with Gasteiger partial charge in [-0.05, 0) is 32.0 Å². The predicted molar refractivity (Wildman–Crippen MR) is 80.9 cm³/mol. The van der Waals surface area contributed by atoms with Crippen LogP contribution in [0.4, 0.5) is 10.1 Å². The Hall–Kier alpha value is -2.54. The second kappa shape index (κ2) is 6.27. The molecule has 0 aliphatic heterocycles. The van der Waals surface area contributed by atoms with Gasteiger partial charge >= 0.3 is 0 Å². The summed E-state index contributed by atoms with van der Waals surface area (Å²) in [5, 5.41) is 12.3. The highest BCUT2D eigenvalue weighted by Crippen LogP contribution is 2.30. The molecule has 21 heavy (non-hydrogen) atoms. The molecule has 108 valence electrons. The van der Waals surface area contributed by atoms with E-state index in [0.29, 0.717) is 5.69 Å². The van der Waals surface area contributed by atoms with Crippen molar-refractivity contribution in [2.45, 2.75) is 19.9 Å². The number of methoxy groups -OCH3 is 1. The summed E-state index contributed by atoms with van der Waals surface area (Å²) in [6, 6.07) is 12.2. The average Bonchev–Trinajstić information content (AvgIpc) is 2.47. The summed E-state index contributed by atoms with van der Waals surface area (Å²) in [4.78, 5) is 0. The summed E-state index contributed by atoms with van der Waals surface area (Å²) in [7, 11) is 1.61. The molecule has 1 unspecified atom stereocenters. The van der Waals surface area contributed by atoms with Gasteiger partial charge in [0, 0.05) is 5.56 Å². The normalized spacial score (nSPS) is 11.6. The van der Waals surface area contributed by atoms with Crippen LogP contribution >= 0.6 is 0 Å². The van der Waals surface area contributed by atoms with Crippen LogP contribution in [0, 0.1) is 24.1 Å². The zero-order valence-corrected chi connectivity index (χ0v) is 12.3. The van der Waals surface area contributed by atoms with Gasteiger partial charge in [0.25, 0.3) is 0 Å². The number of anilines is 1. The average molecular weight is 284 g/mol. The molecule has 0 saturated heterocycles. The van der Waals surface area contributed by atoms with Crippen LogP contribution in [0.15, 0.2) is 36.4 Å². The topological polar surface area (TPSA) is 45.0 Å². The molecule has 0 aliphatic carbocycles. The van der Waals surface area contributed by atoms with Crippen molar-refractivity contribution < 1.29 is 9.13 Å². The maximum absolute atomic E-state index is 13.6. The van der Waals surface area contributed by atoms with Crippen molar-refractivity contribution in [3.05, 3.63) is 58.9 Å². The van der Waals surface area contributed by atoms with Crippen LogP contribution in [0.5, 0.6) is 5.75 Å². The van der Waals surface area contributed by atoms with Gasteiger partial charge in [-0.25, -0.2) is 4.39 Å². The summed E-state index contributed by atoms with van der Waals surface area (Å²) in [6.07, 6.45) is 0. The van der Waals surface area contributed by atoms with E-state index in [0.717, 1.165) is 16.9 Å². The summed E-state index contributed by atoms with van der Waals surface area (Å²) in [5.74, 6) is 0.237. The van der Waals surface area contributed by atoms with E-state index in [1.54, 1.807) is 19.2 Å². The van der Waals surface area contributed by atoms with Crippen molar-refractivity contribution >= 4 is 5.69 Å². The van der Waals surface area contributed by atoms with E-state index in [4.69, 9.17) is 10.00 Å². The van der Waals surface area contributed by atoms with Gasteiger partial charge in [0.05, 0.1) is 18.8 Å². The smallest absolute Gasteiger partial charge is 0.143 e. The van der Waals surface area contributed by atoms with Crippen LogP contribution in [-0.4, -0.2) is 7.11 Å². The Morgan fingerprint density at radius 3 is 2.71 bits per heavy atom. The maximum Gasteiger partial charge on any atom is 0.143 e. The van der Waals surface area contributed by atoms with Gasteiger partial charge in [-0.2, -0.15) is 5.26 Å². The first kappa shape index (κ1) is 14.9. The number of hydrogen-bond acceptors (Lipinski definition) is 3. The van der Waals surface area contributed by atoms with Crippen molar-refractivity contribution in [1.82, 2.24) is 0 Å². The zero-order chi connectivity index (χ0) is 15.4. The Balaban J connectivity index is 2.35. The first-order valence-electron chi connectivity index (χ1n) is 6.66. The summed E-state index contributed by atoms with van der Waals surface area (Å²) >= 11 is 0. The molecule has 0 spiro atoms. The van der Waals surface area contributed by atoms with Crippen LogP contribution in [0.25, 0.3) is 0 Å². The van der Waals surface area contributed by atoms with Crippen molar-refractivity contribution in [3.8, 4) is 11.8 Å². The fourth-order valence-corrected chi connectivity index (χ4v) is 2.26. The van der Waals surface area contributed by atoms with Gasteiger partial charge in [-0.15, -0.1) is 0 Å². The second-order valence-electron chi connectivity index (χ2n) is 4.89. The van der Waals surface area contributed by atoms with E-state index in [9.17, 15) is 4.39 Å². The summed E-state index contributed by atoms with van der Waals surface area (Å²) in [5.41, 5.74) is 2.58. The lowest BCUT2D eigenvalue weighted by atomic mass is 10.0. The van der Waals surface area contributed by atoms with E-state index in [2.05, 4.69) is 5.32 Å². The van der Waals surface area contributed by atoms with Crippen LogP contribution in [0.1, 0.15) is 29.7 Å². The molecule has 0 amide bonds. The SMILES string of the molecule is COc1ccc(C)cc1C(C)Nc1cccc(F)c1C#N. The lowest BCUT2D eigenvalue weighted by Gasteiger charge is -2.19. The number of rotatable bonds is 4. The lowest BCUT2D eigenvalue weighted by Crippen LogP contribution is -2.10. The maximum atomic E-state index is 13.6. The van der Waals surface area contributed by atoms with Gasteiger partial charge < -0.3 is 10.1 Å². The number of benzene rings is 2. The third-order valence-electron chi connectivity index (χ3n) is 3.35. The molecule has 0 fully saturated rings. The van der Waals surface area contributed by atoms with E-state index in [1.807, 2.05) is 38.1 Å². The second-order valence-corrected chi connectivity index (χ2v) is 4.89. The highest BCUT2D eigenvalue weighted by Gasteiger charge is 2.14. The fraction of sp³-hybridized carbons (Fsp3) is 0.235. The Kier molecular flexibility index (Phi) is 4.44. The Morgan fingerprint density at radius 1 is 1.29 bits per heavy atom. The van der Waals surface area contributed by atoms with Crippen LogP contribution < -0.4 is 10.1 Å². The molecule has 0 aromatic heterocycles. The van der Waals surface area contributed by atoms with E-state index < -0.39 is 5.82 Å². The van der Waals surface area contributed by atoms with Crippen molar-refractivity contribution in [2.75, 3.05) is 12.4 Å². The molecule has 1 N–H and O–H groups in total. The standard InChI is InChI=1S/C17H17FN2O/c1-11-7-8-17(21-3)13(9-11)12(2)20-16-6-4-5-15(18)14(16)10-19/h4-9,12,20H,1-3H3. The molecule has 0 heterocycles. The highest BCUT2D eigenvalue weighted by atomic mass is 19.1. The molecule has 1 atom stereocenters. The fourth-order valence-electron chi connectivity index (χ4n) is 2.26. The molecular weight excluding hydrogens is 267 g/mol. The van der Waals surface area contributed by atoms with E-state index in [1.165, 1.54) is 6.07 Å². The van der Waals surface area contributed by atoms with Crippen LogP contribution in [0.3, 0.4) is 0 Å². The number of nitrogens with one attached hydrogen (secondary N) is 1. The first-order chi connectivity index (χ1) is 10.1. The molecule has 3 nitrogen and oxygen atoms in total. The molecule has 2 rings (SSSR count). The van der Waals surface area contributed by atoms with Gasteiger partial charge in [-0.1, -0.05) is 23.8 Å². The van der Waals surface area contributed by atoms with Crippen LogP contribution in [-0.2, 0) is 0 Å². The molecule has 0 bridgehead atoms. The zero-order valence-electron chi connectivity index (χ0n) is 12.3. The van der Waals surface area contributed by atoms with Crippen molar-refractivity contribution in [1.29, 1.82) is 5.26 Å². The Bertz CT molecular complexity index is 692. The monoisotopic (exact) mass is 284 g/mol. The molecular formula is C17H17FN2O. The number of halogens is 1. The number of nitrogens with zero attached hydrogens (tertiary/aromatic N) is 1.